The molecule has 2 amide bonds. The van der Waals surface area contributed by atoms with Gasteiger partial charge in [-0.3, -0.25) is 14.5 Å². The van der Waals surface area contributed by atoms with Crippen molar-refractivity contribution in [1.82, 2.24) is 25.1 Å². The van der Waals surface area contributed by atoms with Gasteiger partial charge in [0.25, 0.3) is 11.8 Å². The zero-order chi connectivity index (χ0) is 17.1. The first-order valence-corrected chi connectivity index (χ1v) is 8.94. The molecule has 1 aromatic carbocycles. The van der Waals surface area contributed by atoms with Gasteiger partial charge in [0.2, 0.25) is 5.16 Å². The van der Waals surface area contributed by atoms with Gasteiger partial charge in [-0.1, -0.05) is 23.9 Å². The van der Waals surface area contributed by atoms with Crippen molar-refractivity contribution in [2.24, 2.45) is 0 Å². The predicted octanol–water partition coefficient (Wildman–Crippen LogP) is 2.42. The van der Waals surface area contributed by atoms with Gasteiger partial charge >= 0.3 is 0 Å². The second-order valence-electron chi connectivity index (χ2n) is 5.86. The highest BCUT2D eigenvalue weighted by molar-refractivity contribution is 7.99. The molecule has 0 N–H and O–H groups in total. The van der Waals surface area contributed by atoms with Crippen LogP contribution in [-0.4, -0.2) is 49.2 Å². The lowest BCUT2D eigenvalue weighted by Crippen LogP contribution is -2.30. The van der Waals surface area contributed by atoms with Crippen molar-refractivity contribution in [2.75, 3.05) is 12.3 Å². The molecule has 3 rings (SSSR count). The minimum atomic E-state index is -0.188. The molecule has 126 valence electrons. The molecule has 0 saturated carbocycles. The number of hydrogen-bond acceptors (Lipinski definition) is 6. The lowest BCUT2D eigenvalue weighted by atomic mass is 10.1. The van der Waals surface area contributed by atoms with Crippen molar-refractivity contribution in [3.63, 3.8) is 0 Å². The van der Waals surface area contributed by atoms with Gasteiger partial charge in [0.1, 0.15) is 0 Å². The van der Waals surface area contributed by atoms with Crippen LogP contribution in [0.5, 0.6) is 0 Å². The summed E-state index contributed by atoms with van der Waals surface area (Å²) < 4.78 is 1.79. The number of carbonyl (C=O) groups is 2. The highest BCUT2D eigenvalue weighted by Gasteiger charge is 2.34. The number of tetrazole rings is 1. The number of unbranched alkanes of at least 4 members (excludes halogenated alkanes) is 1. The molecule has 24 heavy (non-hydrogen) atoms. The van der Waals surface area contributed by atoms with Crippen LogP contribution >= 0.6 is 11.8 Å². The number of hydrogen-bond donors (Lipinski definition) is 0. The Hall–Kier alpha value is -2.22. The van der Waals surface area contributed by atoms with E-state index in [0.717, 1.165) is 23.8 Å². The molecule has 2 aromatic rings. The number of rotatable bonds is 7. The minimum Gasteiger partial charge on any atom is -0.274 e. The summed E-state index contributed by atoms with van der Waals surface area (Å²) in [6.07, 6.45) is 1.64. The number of thioether (sulfide) groups is 1. The zero-order valence-corrected chi connectivity index (χ0v) is 14.5. The van der Waals surface area contributed by atoms with Crippen LogP contribution in [-0.2, 0) is 0 Å². The molecular weight excluding hydrogens is 326 g/mol. The van der Waals surface area contributed by atoms with Gasteiger partial charge in [-0.15, -0.1) is 5.10 Å². The molecule has 2 heterocycles. The summed E-state index contributed by atoms with van der Waals surface area (Å²) in [5, 5.41) is 12.5. The normalized spacial score (nSPS) is 13.9. The fourth-order valence-electron chi connectivity index (χ4n) is 2.58. The molecule has 0 unspecified atom stereocenters. The van der Waals surface area contributed by atoms with E-state index in [2.05, 4.69) is 15.5 Å². The molecule has 0 saturated heterocycles. The van der Waals surface area contributed by atoms with Crippen LogP contribution in [0.1, 0.15) is 53.4 Å². The summed E-state index contributed by atoms with van der Waals surface area (Å²) in [6.45, 7) is 4.51. The predicted molar refractivity (Wildman–Crippen MR) is 90.0 cm³/mol. The van der Waals surface area contributed by atoms with Gasteiger partial charge in [-0.2, -0.15) is 0 Å². The van der Waals surface area contributed by atoms with Crippen molar-refractivity contribution < 1.29 is 9.59 Å². The second-order valence-corrected chi connectivity index (χ2v) is 6.92. The van der Waals surface area contributed by atoms with E-state index in [9.17, 15) is 9.59 Å². The third-order valence-electron chi connectivity index (χ3n) is 3.84. The zero-order valence-electron chi connectivity index (χ0n) is 13.7. The maximum absolute atomic E-state index is 12.2. The number of amides is 2. The number of fused-ring (bicyclic) bond motifs is 1. The fraction of sp³-hybridized carbons (Fsp3) is 0.438. The standard InChI is InChI=1S/C16H19N5O2S/c1-11(2)21-16(17-18-19-21)24-10-6-5-9-20-14(22)12-7-3-4-8-13(12)15(20)23/h3-4,7-8,11H,5-6,9-10H2,1-2H3. The van der Waals surface area contributed by atoms with Crippen LogP contribution < -0.4 is 0 Å². The van der Waals surface area contributed by atoms with Gasteiger partial charge < -0.3 is 0 Å². The maximum Gasteiger partial charge on any atom is 0.261 e. The third-order valence-corrected chi connectivity index (χ3v) is 4.86. The van der Waals surface area contributed by atoms with Crippen LogP contribution in [0.15, 0.2) is 29.4 Å². The fourth-order valence-corrected chi connectivity index (χ4v) is 3.59. The van der Waals surface area contributed by atoms with E-state index in [1.165, 1.54) is 4.90 Å². The number of imide groups is 1. The van der Waals surface area contributed by atoms with E-state index < -0.39 is 0 Å². The molecule has 8 heteroatoms. The SMILES string of the molecule is CC(C)n1nnnc1SCCCCN1C(=O)c2ccccc2C1=O. The van der Waals surface area contributed by atoms with E-state index in [1.807, 2.05) is 13.8 Å². The molecule has 0 aliphatic carbocycles. The van der Waals surface area contributed by atoms with Crippen LogP contribution in [0.4, 0.5) is 0 Å². The first-order valence-electron chi connectivity index (χ1n) is 7.95. The molecule has 1 aliphatic rings. The Balaban J connectivity index is 1.47. The summed E-state index contributed by atoms with van der Waals surface area (Å²) in [4.78, 5) is 25.8. The van der Waals surface area contributed by atoms with Gasteiger partial charge in [0.15, 0.2) is 0 Å². The van der Waals surface area contributed by atoms with Crippen molar-refractivity contribution >= 4 is 23.6 Å². The Kier molecular flexibility index (Phi) is 4.94. The Bertz CT molecular complexity index is 723. The summed E-state index contributed by atoms with van der Waals surface area (Å²) >= 11 is 1.59. The van der Waals surface area contributed by atoms with Crippen LogP contribution in [0.3, 0.4) is 0 Å². The number of benzene rings is 1. The molecule has 7 nitrogen and oxygen atoms in total. The molecule has 0 fully saturated rings. The van der Waals surface area contributed by atoms with E-state index in [0.29, 0.717) is 17.7 Å². The van der Waals surface area contributed by atoms with Crippen molar-refractivity contribution in [1.29, 1.82) is 0 Å². The quantitative estimate of drug-likeness (QED) is 0.435. The van der Waals surface area contributed by atoms with Crippen LogP contribution in [0.2, 0.25) is 0 Å². The second kappa shape index (κ2) is 7.12. The third kappa shape index (κ3) is 3.19. The molecule has 1 aromatic heterocycles. The maximum atomic E-state index is 12.2. The highest BCUT2D eigenvalue weighted by atomic mass is 32.2. The Morgan fingerprint density at radius 1 is 1.08 bits per heavy atom. The average molecular weight is 345 g/mol. The number of carbonyl (C=O) groups excluding carboxylic acids is 2. The average Bonchev–Trinajstić information content (AvgIpc) is 3.13. The smallest absolute Gasteiger partial charge is 0.261 e. The van der Waals surface area contributed by atoms with Gasteiger partial charge in [-0.25, -0.2) is 4.68 Å². The summed E-state index contributed by atoms with van der Waals surface area (Å²) in [7, 11) is 0. The summed E-state index contributed by atoms with van der Waals surface area (Å²) in [5.41, 5.74) is 1.01. The number of nitrogens with zero attached hydrogens (tertiary/aromatic N) is 5. The molecule has 1 aliphatic heterocycles. The first kappa shape index (κ1) is 16.6. The number of aromatic nitrogens is 4. The van der Waals surface area contributed by atoms with Gasteiger partial charge in [0.05, 0.1) is 17.2 Å². The summed E-state index contributed by atoms with van der Waals surface area (Å²) in [5.74, 6) is 0.468. The van der Waals surface area contributed by atoms with E-state index in [4.69, 9.17) is 0 Å². The van der Waals surface area contributed by atoms with E-state index >= 15 is 0 Å². The summed E-state index contributed by atoms with van der Waals surface area (Å²) in [6, 6.07) is 7.20. The Morgan fingerprint density at radius 3 is 2.38 bits per heavy atom. The van der Waals surface area contributed by atoms with Crippen LogP contribution in [0, 0.1) is 0 Å². The Labute approximate surface area is 144 Å². The largest absolute Gasteiger partial charge is 0.274 e. The lowest BCUT2D eigenvalue weighted by molar-refractivity contribution is 0.0652. The monoisotopic (exact) mass is 345 g/mol. The highest BCUT2D eigenvalue weighted by Crippen LogP contribution is 2.23. The van der Waals surface area contributed by atoms with E-state index in [1.54, 1.807) is 40.7 Å². The van der Waals surface area contributed by atoms with Crippen molar-refractivity contribution in [2.45, 2.75) is 37.9 Å². The van der Waals surface area contributed by atoms with Crippen molar-refractivity contribution in [3.8, 4) is 0 Å². The first-order chi connectivity index (χ1) is 11.6. The molecule has 0 bridgehead atoms. The molecule has 0 spiro atoms. The molecular formula is C16H19N5O2S. The lowest BCUT2D eigenvalue weighted by Gasteiger charge is -2.13. The van der Waals surface area contributed by atoms with E-state index in [-0.39, 0.29) is 17.9 Å². The minimum absolute atomic E-state index is 0.188. The van der Waals surface area contributed by atoms with Crippen molar-refractivity contribution in [3.05, 3.63) is 35.4 Å². The van der Waals surface area contributed by atoms with Gasteiger partial charge in [-0.05, 0) is 49.2 Å². The topological polar surface area (TPSA) is 81.0 Å². The van der Waals surface area contributed by atoms with Crippen LogP contribution in [0.25, 0.3) is 0 Å². The Morgan fingerprint density at radius 2 is 1.75 bits per heavy atom. The molecule has 0 atom stereocenters. The van der Waals surface area contributed by atoms with Gasteiger partial charge in [0, 0.05) is 12.3 Å². The molecule has 0 radical (unpaired) electrons.